The molecule has 1 aromatic carbocycles. The summed E-state index contributed by atoms with van der Waals surface area (Å²) in [5.74, 6) is -1.19. The van der Waals surface area contributed by atoms with Gasteiger partial charge in [-0.3, -0.25) is 19.7 Å². The van der Waals surface area contributed by atoms with E-state index in [0.29, 0.717) is 5.56 Å². The summed E-state index contributed by atoms with van der Waals surface area (Å²) in [5.41, 5.74) is 0.0999. The van der Waals surface area contributed by atoms with Crippen LogP contribution in [0.15, 0.2) is 18.2 Å². The highest BCUT2D eigenvalue weighted by molar-refractivity contribution is 5.99. The first-order valence-corrected chi connectivity index (χ1v) is 5.44. The zero-order chi connectivity index (χ0) is 14.6. The van der Waals surface area contributed by atoms with Crippen molar-refractivity contribution in [1.82, 2.24) is 4.90 Å². The molecule has 0 unspecified atom stereocenters. The van der Waals surface area contributed by atoms with Gasteiger partial charge in [-0.1, -0.05) is 12.1 Å². The van der Waals surface area contributed by atoms with Crippen LogP contribution in [0.1, 0.15) is 15.9 Å². The third-order valence-electron chi connectivity index (χ3n) is 2.59. The largest absolute Gasteiger partial charge is 0.468 e. The minimum atomic E-state index is -0.603. The van der Waals surface area contributed by atoms with Crippen molar-refractivity contribution in [1.29, 1.82) is 0 Å². The fraction of sp³-hybridized carbons (Fsp3) is 0.333. The molecular formula is C12H14N2O5. The second kappa shape index (κ2) is 5.94. The van der Waals surface area contributed by atoms with Crippen LogP contribution >= 0.6 is 0 Å². The lowest BCUT2D eigenvalue weighted by Crippen LogP contribution is -2.33. The van der Waals surface area contributed by atoms with E-state index in [0.717, 1.165) is 4.90 Å². The SMILES string of the molecule is COC(=O)CN(C)C(=O)c1cccc(C)c1[N+](=O)[O-]. The van der Waals surface area contributed by atoms with Crippen LogP contribution in [0.4, 0.5) is 5.69 Å². The molecule has 0 aliphatic rings. The lowest BCUT2D eigenvalue weighted by atomic mass is 10.1. The van der Waals surface area contributed by atoms with Crippen molar-refractivity contribution >= 4 is 17.6 Å². The molecule has 0 saturated heterocycles. The summed E-state index contributed by atoms with van der Waals surface area (Å²) in [5, 5.41) is 11.0. The molecule has 7 heteroatoms. The molecule has 0 aliphatic heterocycles. The van der Waals surface area contributed by atoms with Gasteiger partial charge in [0.25, 0.3) is 11.6 Å². The molecule has 0 saturated carbocycles. The van der Waals surface area contributed by atoms with Gasteiger partial charge in [0.15, 0.2) is 0 Å². The third kappa shape index (κ3) is 3.27. The molecular weight excluding hydrogens is 252 g/mol. The Bertz CT molecular complexity index is 527. The molecule has 1 amide bonds. The summed E-state index contributed by atoms with van der Waals surface area (Å²) in [7, 11) is 2.58. The Labute approximate surface area is 109 Å². The highest BCUT2D eigenvalue weighted by Gasteiger charge is 2.25. The Balaban J connectivity index is 3.09. The van der Waals surface area contributed by atoms with Gasteiger partial charge in [-0.25, -0.2) is 0 Å². The zero-order valence-corrected chi connectivity index (χ0v) is 10.9. The molecule has 0 spiro atoms. The number of carbonyl (C=O) groups excluding carboxylic acids is 2. The van der Waals surface area contributed by atoms with E-state index in [2.05, 4.69) is 4.74 Å². The number of para-hydroxylation sites is 1. The van der Waals surface area contributed by atoms with Gasteiger partial charge >= 0.3 is 5.97 Å². The van der Waals surface area contributed by atoms with Crippen LogP contribution in [0.3, 0.4) is 0 Å². The number of nitro benzene ring substituents is 1. The van der Waals surface area contributed by atoms with Crippen molar-refractivity contribution in [3.8, 4) is 0 Å². The number of likely N-dealkylation sites (N-methyl/N-ethyl adjacent to an activating group) is 1. The molecule has 1 aromatic rings. The molecule has 0 radical (unpaired) electrons. The molecule has 7 nitrogen and oxygen atoms in total. The van der Waals surface area contributed by atoms with E-state index < -0.39 is 16.8 Å². The number of aryl methyl sites for hydroxylation is 1. The number of rotatable bonds is 4. The molecule has 0 bridgehead atoms. The summed E-state index contributed by atoms with van der Waals surface area (Å²) < 4.78 is 4.44. The second-order valence-corrected chi connectivity index (χ2v) is 3.97. The van der Waals surface area contributed by atoms with E-state index in [1.165, 1.54) is 20.2 Å². The molecule has 0 N–H and O–H groups in total. The van der Waals surface area contributed by atoms with Gasteiger partial charge in [-0.2, -0.15) is 0 Å². The zero-order valence-electron chi connectivity index (χ0n) is 10.9. The first-order chi connectivity index (χ1) is 8.88. The summed E-state index contributed by atoms with van der Waals surface area (Å²) >= 11 is 0. The number of nitrogens with zero attached hydrogens (tertiary/aromatic N) is 2. The van der Waals surface area contributed by atoms with Crippen molar-refractivity contribution in [2.45, 2.75) is 6.92 Å². The summed E-state index contributed by atoms with van der Waals surface area (Å²) in [6.45, 7) is 1.29. The fourth-order valence-corrected chi connectivity index (χ4v) is 1.61. The van der Waals surface area contributed by atoms with Crippen molar-refractivity contribution in [3.63, 3.8) is 0 Å². The third-order valence-corrected chi connectivity index (χ3v) is 2.59. The number of amides is 1. The van der Waals surface area contributed by atoms with Crippen LogP contribution in [0.25, 0.3) is 0 Å². The Hall–Kier alpha value is -2.44. The Morgan fingerprint density at radius 3 is 2.58 bits per heavy atom. The monoisotopic (exact) mass is 266 g/mol. The van der Waals surface area contributed by atoms with Crippen LogP contribution in [0.5, 0.6) is 0 Å². The maximum Gasteiger partial charge on any atom is 0.325 e. The number of hydrogen-bond donors (Lipinski definition) is 0. The highest BCUT2D eigenvalue weighted by atomic mass is 16.6. The predicted molar refractivity (Wildman–Crippen MR) is 66.8 cm³/mol. The van der Waals surface area contributed by atoms with Gasteiger partial charge in [0, 0.05) is 12.6 Å². The van der Waals surface area contributed by atoms with Crippen LogP contribution < -0.4 is 0 Å². The van der Waals surface area contributed by atoms with Gasteiger partial charge in [-0.05, 0) is 13.0 Å². The van der Waals surface area contributed by atoms with Gasteiger partial charge in [0.1, 0.15) is 12.1 Å². The Kier molecular flexibility index (Phi) is 4.57. The van der Waals surface area contributed by atoms with Gasteiger partial charge in [0.05, 0.1) is 12.0 Å². The van der Waals surface area contributed by atoms with Crippen molar-refractivity contribution in [2.24, 2.45) is 0 Å². The van der Waals surface area contributed by atoms with Crippen molar-refractivity contribution < 1.29 is 19.2 Å². The summed E-state index contributed by atoms with van der Waals surface area (Å²) in [6.07, 6.45) is 0. The van der Waals surface area contributed by atoms with E-state index in [4.69, 9.17) is 0 Å². The average molecular weight is 266 g/mol. The minimum absolute atomic E-state index is 0.0450. The number of esters is 1. The van der Waals surface area contributed by atoms with E-state index in [1.54, 1.807) is 19.1 Å². The quantitative estimate of drug-likeness (QED) is 0.463. The molecule has 0 fully saturated rings. The molecule has 0 atom stereocenters. The summed E-state index contributed by atoms with van der Waals surface area (Å²) in [4.78, 5) is 34.6. The number of carbonyl (C=O) groups is 2. The molecule has 102 valence electrons. The van der Waals surface area contributed by atoms with E-state index in [9.17, 15) is 19.7 Å². The average Bonchev–Trinajstić information content (AvgIpc) is 2.36. The maximum absolute atomic E-state index is 12.1. The number of nitro groups is 1. The van der Waals surface area contributed by atoms with Gasteiger partial charge < -0.3 is 9.64 Å². The number of methoxy groups -OCH3 is 1. The standard InChI is InChI=1S/C12H14N2O5/c1-8-5-4-6-9(11(8)14(17)18)12(16)13(2)7-10(15)19-3/h4-6H,7H2,1-3H3. The van der Waals surface area contributed by atoms with E-state index >= 15 is 0 Å². The van der Waals surface area contributed by atoms with Crippen LogP contribution in [0, 0.1) is 17.0 Å². The minimum Gasteiger partial charge on any atom is -0.468 e. The number of benzene rings is 1. The first-order valence-electron chi connectivity index (χ1n) is 5.44. The lowest BCUT2D eigenvalue weighted by molar-refractivity contribution is -0.385. The van der Waals surface area contributed by atoms with Crippen LogP contribution in [0.2, 0.25) is 0 Å². The topological polar surface area (TPSA) is 89.8 Å². The number of ether oxygens (including phenoxy) is 1. The second-order valence-electron chi connectivity index (χ2n) is 3.97. The lowest BCUT2D eigenvalue weighted by Gasteiger charge is -2.15. The molecule has 0 aliphatic carbocycles. The molecule has 0 heterocycles. The van der Waals surface area contributed by atoms with Crippen LogP contribution in [-0.4, -0.2) is 42.4 Å². The Morgan fingerprint density at radius 2 is 2.05 bits per heavy atom. The normalized spacial score (nSPS) is 9.84. The molecule has 19 heavy (non-hydrogen) atoms. The fourth-order valence-electron chi connectivity index (χ4n) is 1.61. The van der Waals surface area contributed by atoms with E-state index in [1.807, 2.05) is 0 Å². The van der Waals surface area contributed by atoms with E-state index in [-0.39, 0.29) is 17.8 Å². The van der Waals surface area contributed by atoms with Gasteiger partial charge in [0.2, 0.25) is 0 Å². The number of hydrogen-bond acceptors (Lipinski definition) is 5. The highest BCUT2D eigenvalue weighted by Crippen LogP contribution is 2.24. The maximum atomic E-state index is 12.1. The van der Waals surface area contributed by atoms with Gasteiger partial charge in [-0.15, -0.1) is 0 Å². The molecule has 0 aromatic heterocycles. The summed E-state index contributed by atoms with van der Waals surface area (Å²) in [6, 6.07) is 4.47. The first kappa shape index (κ1) is 14.6. The Morgan fingerprint density at radius 1 is 1.42 bits per heavy atom. The van der Waals surface area contributed by atoms with Crippen LogP contribution in [-0.2, 0) is 9.53 Å². The molecule has 1 rings (SSSR count). The van der Waals surface area contributed by atoms with Crippen molar-refractivity contribution in [2.75, 3.05) is 20.7 Å². The smallest absolute Gasteiger partial charge is 0.325 e. The predicted octanol–water partition coefficient (Wildman–Crippen LogP) is 1.15. The van der Waals surface area contributed by atoms with Crippen molar-refractivity contribution in [3.05, 3.63) is 39.4 Å².